The van der Waals surface area contributed by atoms with E-state index in [2.05, 4.69) is 29.4 Å². The zero-order valence-corrected chi connectivity index (χ0v) is 14.9. The van der Waals surface area contributed by atoms with Gasteiger partial charge in [0, 0.05) is 18.8 Å². The van der Waals surface area contributed by atoms with Crippen molar-refractivity contribution in [2.24, 2.45) is 11.8 Å². The molecule has 2 rings (SSSR count). The SMILES string of the molecule is CC(C)CNC(=O)[C@H](C)N1CCC[C@@H](C(=O)Nc2ccccc2)C1. The fourth-order valence-corrected chi connectivity index (χ4v) is 2.96. The molecule has 1 aromatic carbocycles. The van der Waals surface area contributed by atoms with Gasteiger partial charge in [0.2, 0.25) is 11.8 Å². The van der Waals surface area contributed by atoms with E-state index in [0.717, 1.165) is 25.1 Å². The van der Waals surface area contributed by atoms with Crippen LogP contribution < -0.4 is 10.6 Å². The van der Waals surface area contributed by atoms with E-state index in [4.69, 9.17) is 0 Å². The summed E-state index contributed by atoms with van der Waals surface area (Å²) < 4.78 is 0. The van der Waals surface area contributed by atoms with E-state index in [-0.39, 0.29) is 23.8 Å². The van der Waals surface area contributed by atoms with Gasteiger partial charge in [0.1, 0.15) is 0 Å². The highest BCUT2D eigenvalue weighted by Crippen LogP contribution is 2.20. The molecule has 0 aromatic heterocycles. The zero-order chi connectivity index (χ0) is 17.5. The number of piperidine rings is 1. The molecular formula is C19H29N3O2. The molecule has 1 saturated heterocycles. The molecule has 0 radical (unpaired) electrons. The molecule has 1 aromatic rings. The minimum Gasteiger partial charge on any atom is -0.354 e. The number of benzene rings is 1. The second-order valence-corrected chi connectivity index (χ2v) is 7.00. The summed E-state index contributed by atoms with van der Waals surface area (Å²) in [7, 11) is 0. The molecule has 0 spiro atoms. The summed E-state index contributed by atoms with van der Waals surface area (Å²) in [6.45, 7) is 8.27. The van der Waals surface area contributed by atoms with Gasteiger partial charge < -0.3 is 10.6 Å². The first-order valence-corrected chi connectivity index (χ1v) is 8.85. The van der Waals surface area contributed by atoms with E-state index in [0.29, 0.717) is 19.0 Å². The fraction of sp³-hybridized carbons (Fsp3) is 0.579. The van der Waals surface area contributed by atoms with Gasteiger partial charge in [-0.15, -0.1) is 0 Å². The van der Waals surface area contributed by atoms with Gasteiger partial charge in [-0.3, -0.25) is 14.5 Å². The molecule has 5 nitrogen and oxygen atoms in total. The number of nitrogens with zero attached hydrogens (tertiary/aromatic N) is 1. The summed E-state index contributed by atoms with van der Waals surface area (Å²) in [5, 5.41) is 5.96. The number of nitrogens with one attached hydrogen (secondary N) is 2. The van der Waals surface area contributed by atoms with Crippen LogP contribution in [0.2, 0.25) is 0 Å². The molecule has 2 atom stereocenters. The number of anilines is 1. The minimum atomic E-state index is -0.198. The molecule has 2 amide bonds. The Morgan fingerprint density at radius 3 is 2.58 bits per heavy atom. The lowest BCUT2D eigenvalue weighted by atomic mass is 9.95. The number of carbonyl (C=O) groups is 2. The van der Waals surface area contributed by atoms with E-state index in [9.17, 15) is 9.59 Å². The highest BCUT2D eigenvalue weighted by Gasteiger charge is 2.30. The van der Waals surface area contributed by atoms with Crippen LogP contribution in [0, 0.1) is 11.8 Å². The topological polar surface area (TPSA) is 61.4 Å². The zero-order valence-electron chi connectivity index (χ0n) is 14.9. The molecule has 0 bridgehead atoms. The van der Waals surface area contributed by atoms with Gasteiger partial charge in [-0.25, -0.2) is 0 Å². The van der Waals surface area contributed by atoms with Crippen molar-refractivity contribution in [1.29, 1.82) is 0 Å². The fourth-order valence-electron chi connectivity index (χ4n) is 2.96. The van der Waals surface area contributed by atoms with Crippen LogP contribution in [0.15, 0.2) is 30.3 Å². The van der Waals surface area contributed by atoms with Gasteiger partial charge in [0.05, 0.1) is 12.0 Å². The van der Waals surface area contributed by atoms with E-state index in [1.807, 2.05) is 37.3 Å². The summed E-state index contributed by atoms with van der Waals surface area (Å²) in [6.07, 6.45) is 1.81. The average molecular weight is 331 g/mol. The third-order valence-corrected chi connectivity index (χ3v) is 4.48. The Bertz CT molecular complexity index is 545. The van der Waals surface area contributed by atoms with Gasteiger partial charge in [-0.1, -0.05) is 32.0 Å². The molecule has 132 valence electrons. The summed E-state index contributed by atoms with van der Waals surface area (Å²) in [4.78, 5) is 26.9. The van der Waals surface area contributed by atoms with Crippen LogP contribution in [0.1, 0.15) is 33.6 Å². The average Bonchev–Trinajstić information content (AvgIpc) is 2.60. The van der Waals surface area contributed by atoms with Crippen molar-refractivity contribution in [3.63, 3.8) is 0 Å². The van der Waals surface area contributed by atoms with Crippen LogP contribution >= 0.6 is 0 Å². The highest BCUT2D eigenvalue weighted by atomic mass is 16.2. The van der Waals surface area contributed by atoms with Crippen molar-refractivity contribution >= 4 is 17.5 Å². The molecule has 1 fully saturated rings. The minimum absolute atomic E-state index is 0.0423. The van der Waals surface area contributed by atoms with Crippen molar-refractivity contribution in [3.8, 4) is 0 Å². The Morgan fingerprint density at radius 2 is 1.92 bits per heavy atom. The van der Waals surface area contributed by atoms with Gasteiger partial charge in [-0.05, 0) is 44.4 Å². The Hall–Kier alpha value is -1.88. The molecule has 0 unspecified atom stereocenters. The van der Waals surface area contributed by atoms with Crippen molar-refractivity contribution in [3.05, 3.63) is 30.3 Å². The number of rotatable bonds is 6. The predicted octanol–water partition coefficient (Wildman–Crippen LogP) is 2.50. The van der Waals surface area contributed by atoms with Gasteiger partial charge in [0.25, 0.3) is 0 Å². The maximum absolute atomic E-state index is 12.5. The first-order valence-electron chi connectivity index (χ1n) is 8.85. The lowest BCUT2D eigenvalue weighted by molar-refractivity contribution is -0.129. The third-order valence-electron chi connectivity index (χ3n) is 4.48. The number of amides is 2. The largest absolute Gasteiger partial charge is 0.354 e. The first kappa shape index (κ1) is 18.5. The van der Waals surface area contributed by atoms with Crippen molar-refractivity contribution < 1.29 is 9.59 Å². The molecule has 5 heteroatoms. The van der Waals surface area contributed by atoms with Crippen LogP contribution in [-0.4, -0.2) is 42.4 Å². The highest BCUT2D eigenvalue weighted by molar-refractivity contribution is 5.92. The number of carbonyl (C=O) groups excluding carboxylic acids is 2. The number of hydrogen-bond acceptors (Lipinski definition) is 3. The molecule has 1 aliphatic heterocycles. The summed E-state index contributed by atoms with van der Waals surface area (Å²) in [5.41, 5.74) is 0.822. The first-order chi connectivity index (χ1) is 11.5. The monoisotopic (exact) mass is 331 g/mol. The molecule has 1 aliphatic rings. The number of hydrogen-bond donors (Lipinski definition) is 2. The molecule has 1 heterocycles. The summed E-state index contributed by atoms with van der Waals surface area (Å²) in [5.74, 6) is 0.458. The normalized spacial score (nSPS) is 19.8. The molecule has 0 saturated carbocycles. The number of likely N-dealkylation sites (tertiary alicyclic amines) is 1. The van der Waals surface area contributed by atoms with Gasteiger partial charge in [-0.2, -0.15) is 0 Å². The number of para-hydroxylation sites is 1. The smallest absolute Gasteiger partial charge is 0.237 e. The van der Waals surface area contributed by atoms with E-state index in [1.54, 1.807) is 0 Å². The summed E-state index contributed by atoms with van der Waals surface area (Å²) in [6, 6.07) is 9.32. The Labute approximate surface area is 144 Å². The molecule has 2 N–H and O–H groups in total. The Balaban J connectivity index is 1.88. The van der Waals surface area contributed by atoms with E-state index >= 15 is 0 Å². The second-order valence-electron chi connectivity index (χ2n) is 7.00. The standard InChI is InChI=1S/C19H29N3O2/c1-14(2)12-20-18(23)15(3)22-11-7-8-16(13-22)19(24)21-17-9-5-4-6-10-17/h4-6,9-10,14-16H,7-8,11-13H2,1-3H3,(H,20,23)(H,21,24)/t15-,16+/m0/s1. The van der Waals surface area contributed by atoms with Crippen LogP contribution in [0.4, 0.5) is 5.69 Å². The second kappa shape index (κ2) is 8.83. The van der Waals surface area contributed by atoms with Crippen LogP contribution in [0.5, 0.6) is 0 Å². The van der Waals surface area contributed by atoms with Crippen LogP contribution in [-0.2, 0) is 9.59 Å². The van der Waals surface area contributed by atoms with Crippen molar-refractivity contribution in [1.82, 2.24) is 10.2 Å². The van der Waals surface area contributed by atoms with Gasteiger partial charge in [0.15, 0.2) is 0 Å². The van der Waals surface area contributed by atoms with E-state index < -0.39 is 0 Å². The quantitative estimate of drug-likeness (QED) is 0.842. The maximum Gasteiger partial charge on any atom is 0.237 e. The van der Waals surface area contributed by atoms with Gasteiger partial charge >= 0.3 is 0 Å². The molecule has 0 aliphatic carbocycles. The Morgan fingerprint density at radius 1 is 1.21 bits per heavy atom. The van der Waals surface area contributed by atoms with Crippen molar-refractivity contribution in [2.45, 2.75) is 39.7 Å². The third kappa shape index (κ3) is 5.34. The van der Waals surface area contributed by atoms with Crippen LogP contribution in [0.25, 0.3) is 0 Å². The molecular weight excluding hydrogens is 302 g/mol. The maximum atomic E-state index is 12.5. The Kier molecular flexibility index (Phi) is 6.79. The van der Waals surface area contributed by atoms with E-state index in [1.165, 1.54) is 0 Å². The lowest BCUT2D eigenvalue weighted by Gasteiger charge is -2.35. The van der Waals surface area contributed by atoms with Crippen LogP contribution in [0.3, 0.4) is 0 Å². The summed E-state index contributed by atoms with van der Waals surface area (Å²) >= 11 is 0. The predicted molar refractivity (Wildman–Crippen MR) is 96.7 cm³/mol. The lowest BCUT2D eigenvalue weighted by Crippen LogP contribution is -2.51. The molecule has 24 heavy (non-hydrogen) atoms. The van der Waals surface area contributed by atoms with Crippen molar-refractivity contribution in [2.75, 3.05) is 25.0 Å².